The lowest BCUT2D eigenvalue weighted by Crippen LogP contribution is -2.48. The van der Waals surface area contributed by atoms with Gasteiger partial charge >= 0.3 is 6.03 Å². The molecule has 1 aromatic carbocycles. The highest BCUT2D eigenvalue weighted by molar-refractivity contribution is 5.85. The number of amides is 2. The van der Waals surface area contributed by atoms with Gasteiger partial charge in [0.05, 0.1) is 18.0 Å². The fourth-order valence-corrected chi connectivity index (χ4v) is 3.20. The van der Waals surface area contributed by atoms with Gasteiger partial charge in [-0.15, -0.1) is 24.8 Å². The maximum Gasteiger partial charge on any atom is 0.317 e. The Balaban J connectivity index is 0.00000182. The van der Waals surface area contributed by atoms with Gasteiger partial charge < -0.3 is 15.2 Å². The lowest BCUT2D eigenvalue weighted by Gasteiger charge is -2.29. The van der Waals surface area contributed by atoms with Crippen molar-refractivity contribution in [3.63, 3.8) is 0 Å². The number of urea groups is 1. The molecule has 27 heavy (non-hydrogen) atoms. The first-order valence-corrected chi connectivity index (χ1v) is 8.76. The van der Waals surface area contributed by atoms with E-state index in [2.05, 4.69) is 21.4 Å². The Morgan fingerprint density at radius 2 is 1.89 bits per heavy atom. The zero-order chi connectivity index (χ0) is 17.5. The van der Waals surface area contributed by atoms with Gasteiger partial charge in [0.2, 0.25) is 0 Å². The molecular formula is C19H25Cl2N5O. The van der Waals surface area contributed by atoms with Gasteiger partial charge in [-0.2, -0.15) is 5.26 Å². The summed E-state index contributed by atoms with van der Waals surface area (Å²) in [6.07, 6.45) is 8.21. The third-order valence-corrected chi connectivity index (χ3v) is 4.56. The van der Waals surface area contributed by atoms with Gasteiger partial charge in [0, 0.05) is 37.4 Å². The van der Waals surface area contributed by atoms with Crippen molar-refractivity contribution in [1.29, 1.82) is 5.26 Å². The lowest BCUT2D eigenvalue weighted by atomic mass is 10.0. The number of nitriles is 1. The van der Waals surface area contributed by atoms with Crippen molar-refractivity contribution < 1.29 is 4.79 Å². The number of benzene rings is 1. The third kappa shape index (κ3) is 6.78. The number of nitrogens with zero attached hydrogens (tertiary/aromatic N) is 3. The first-order valence-electron chi connectivity index (χ1n) is 8.76. The molecule has 2 N–H and O–H groups in total. The fraction of sp³-hybridized carbons (Fsp3) is 0.421. The summed E-state index contributed by atoms with van der Waals surface area (Å²) in [4.78, 5) is 21.6. The number of hydrogen-bond acceptors (Lipinski definition) is 3. The second-order valence-corrected chi connectivity index (χ2v) is 6.49. The number of aromatic nitrogens is 2. The number of rotatable bonds is 5. The summed E-state index contributed by atoms with van der Waals surface area (Å²) in [5.74, 6) is 0. The molecule has 8 heteroatoms. The van der Waals surface area contributed by atoms with Gasteiger partial charge in [-0.05, 0) is 43.4 Å². The molecule has 1 aliphatic heterocycles. The summed E-state index contributed by atoms with van der Waals surface area (Å²) in [5.41, 5.74) is 2.74. The second kappa shape index (κ2) is 11.5. The van der Waals surface area contributed by atoms with Crippen molar-refractivity contribution >= 4 is 30.8 Å². The van der Waals surface area contributed by atoms with Crippen molar-refractivity contribution in [3.05, 3.63) is 53.6 Å². The number of piperidine rings is 1. The van der Waals surface area contributed by atoms with Gasteiger partial charge in [-0.25, -0.2) is 9.78 Å². The van der Waals surface area contributed by atoms with Crippen LogP contribution in [0.25, 0.3) is 0 Å². The molecule has 1 saturated heterocycles. The van der Waals surface area contributed by atoms with E-state index in [0.717, 1.165) is 37.2 Å². The van der Waals surface area contributed by atoms with Crippen LogP contribution < -0.4 is 5.32 Å². The largest absolute Gasteiger partial charge is 0.348 e. The molecule has 1 aliphatic rings. The molecule has 1 atom stereocenters. The molecule has 0 spiro atoms. The third-order valence-electron chi connectivity index (χ3n) is 4.56. The molecular weight excluding hydrogens is 385 g/mol. The number of carbonyl (C=O) groups excluding carboxylic acids is 1. The summed E-state index contributed by atoms with van der Waals surface area (Å²) in [6, 6.07) is 9.65. The lowest BCUT2D eigenvalue weighted by molar-refractivity contribution is 0.182. The molecule has 146 valence electrons. The first-order chi connectivity index (χ1) is 12.2. The number of halogens is 2. The fourth-order valence-electron chi connectivity index (χ4n) is 3.20. The van der Waals surface area contributed by atoms with Crippen LogP contribution in [0.3, 0.4) is 0 Å². The Kier molecular flexibility index (Phi) is 9.70. The second-order valence-electron chi connectivity index (χ2n) is 6.49. The summed E-state index contributed by atoms with van der Waals surface area (Å²) >= 11 is 0. The average Bonchev–Trinajstić information content (AvgIpc) is 3.16. The van der Waals surface area contributed by atoms with Crippen molar-refractivity contribution in [2.45, 2.75) is 38.1 Å². The Bertz CT molecular complexity index is 722. The summed E-state index contributed by atoms with van der Waals surface area (Å²) in [6.45, 7) is 1.67. The Morgan fingerprint density at radius 1 is 1.19 bits per heavy atom. The molecule has 2 aromatic rings. The molecule has 2 amide bonds. The first kappa shape index (κ1) is 22.8. The van der Waals surface area contributed by atoms with E-state index in [9.17, 15) is 4.79 Å². The Hall–Kier alpha value is -2.23. The number of H-pyrrole nitrogens is 1. The number of carbonyl (C=O) groups is 1. The minimum absolute atomic E-state index is 0. The van der Waals surface area contributed by atoms with Gasteiger partial charge in [0.15, 0.2) is 0 Å². The Labute approximate surface area is 172 Å². The van der Waals surface area contributed by atoms with Crippen LogP contribution >= 0.6 is 24.8 Å². The predicted molar refractivity (Wildman–Crippen MR) is 109 cm³/mol. The molecule has 0 bridgehead atoms. The molecule has 0 saturated carbocycles. The van der Waals surface area contributed by atoms with Crippen LogP contribution in [0.4, 0.5) is 4.79 Å². The SMILES string of the molecule is Cl.Cl.N#Cc1ccc(CC(Cc2cnc[nH]2)NC(=O)N2CCCCC2)cc1. The quantitative estimate of drug-likeness (QED) is 0.792. The van der Waals surface area contributed by atoms with Crippen LogP contribution in [0.15, 0.2) is 36.8 Å². The van der Waals surface area contributed by atoms with Crippen LogP contribution in [0, 0.1) is 11.3 Å². The standard InChI is InChI=1S/C19H23N5O.2ClH/c20-12-16-6-4-15(5-7-16)10-17(11-18-13-21-14-22-18)23-19(25)24-8-2-1-3-9-24;;/h4-7,13-14,17H,1-3,8-11H2,(H,21,22)(H,23,25);2*1H. The number of aromatic amines is 1. The highest BCUT2D eigenvalue weighted by atomic mass is 35.5. The number of nitrogens with one attached hydrogen (secondary N) is 2. The molecule has 6 nitrogen and oxygen atoms in total. The molecule has 1 fully saturated rings. The minimum atomic E-state index is -0.0252. The van der Waals surface area contributed by atoms with Gasteiger partial charge in [0.1, 0.15) is 0 Å². The Morgan fingerprint density at radius 3 is 2.48 bits per heavy atom. The van der Waals surface area contributed by atoms with Crippen molar-refractivity contribution in [2.75, 3.05) is 13.1 Å². The predicted octanol–water partition coefficient (Wildman–Crippen LogP) is 3.47. The van der Waals surface area contributed by atoms with E-state index in [-0.39, 0.29) is 36.9 Å². The van der Waals surface area contributed by atoms with Crippen molar-refractivity contribution in [1.82, 2.24) is 20.2 Å². The van der Waals surface area contributed by atoms with E-state index >= 15 is 0 Å². The van der Waals surface area contributed by atoms with Crippen LogP contribution in [-0.4, -0.2) is 40.0 Å². The smallest absolute Gasteiger partial charge is 0.317 e. The summed E-state index contributed by atoms with van der Waals surface area (Å²) < 4.78 is 0. The van der Waals surface area contributed by atoms with Crippen molar-refractivity contribution in [3.8, 4) is 6.07 Å². The minimum Gasteiger partial charge on any atom is -0.348 e. The van der Waals surface area contributed by atoms with E-state index in [1.54, 1.807) is 12.5 Å². The number of likely N-dealkylation sites (tertiary alicyclic amines) is 1. The van der Waals surface area contributed by atoms with E-state index in [0.29, 0.717) is 18.4 Å². The highest BCUT2D eigenvalue weighted by Gasteiger charge is 2.20. The molecule has 0 radical (unpaired) electrons. The normalized spacial score (nSPS) is 14.3. The molecule has 2 heterocycles. The molecule has 1 unspecified atom stereocenters. The number of imidazole rings is 1. The van der Waals surface area contributed by atoms with E-state index in [4.69, 9.17) is 5.26 Å². The van der Waals surface area contributed by atoms with Gasteiger partial charge in [-0.3, -0.25) is 0 Å². The molecule has 3 rings (SSSR count). The highest BCUT2D eigenvalue weighted by Crippen LogP contribution is 2.12. The van der Waals surface area contributed by atoms with Crippen LogP contribution in [0.5, 0.6) is 0 Å². The van der Waals surface area contributed by atoms with Crippen LogP contribution in [0.2, 0.25) is 0 Å². The monoisotopic (exact) mass is 409 g/mol. The zero-order valence-electron chi connectivity index (χ0n) is 15.1. The number of hydrogen-bond donors (Lipinski definition) is 2. The van der Waals surface area contributed by atoms with E-state index in [1.807, 2.05) is 29.2 Å². The van der Waals surface area contributed by atoms with Crippen molar-refractivity contribution in [2.24, 2.45) is 0 Å². The molecule has 1 aromatic heterocycles. The van der Waals surface area contributed by atoms with E-state index < -0.39 is 0 Å². The maximum absolute atomic E-state index is 12.6. The van der Waals surface area contributed by atoms with Crippen LogP contribution in [0.1, 0.15) is 36.1 Å². The van der Waals surface area contributed by atoms with Gasteiger partial charge in [0.25, 0.3) is 0 Å². The maximum atomic E-state index is 12.6. The zero-order valence-corrected chi connectivity index (χ0v) is 16.7. The van der Waals surface area contributed by atoms with Crippen LogP contribution in [-0.2, 0) is 12.8 Å². The van der Waals surface area contributed by atoms with Gasteiger partial charge in [-0.1, -0.05) is 12.1 Å². The average molecular weight is 410 g/mol. The topological polar surface area (TPSA) is 84.8 Å². The summed E-state index contributed by atoms with van der Waals surface area (Å²) in [5, 5.41) is 12.1. The van der Waals surface area contributed by atoms with E-state index in [1.165, 1.54) is 6.42 Å². The molecule has 0 aliphatic carbocycles. The summed E-state index contributed by atoms with van der Waals surface area (Å²) in [7, 11) is 0.